The zero-order chi connectivity index (χ0) is 13.2. The van der Waals surface area contributed by atoms with Crippen molar-refractivity contribution in [2.45, 2.75) is 37.2 Å². The zero-order valence-electron chi connectivity index (χ0n) is 10.4. The van der Waals surface area contributed by atoms with E-state index in [-0.39, 0.29) is 6.10 Å². The van der Waals surface area contributed by atoms with Crippen molar-refractivity contribution in [3.63, 3.8) is 0 Å². The first-order valence-electron chi connectivity index (χ1n) is 5.69. The molecule has 1 aromatic rings. The number of nitrogens with zero attached hydrogens (tertiary/aromatic N) is 2. The molecule has 2 N–H and O–H groups in total. The van der Waals surface area contributed by atoms with Gasteiger partial charge in [0.2, 0.25) is 0 Å². The van der Waals surface area contributed by atoms with Gasteiger partial charge in [-0.1, -0.05) is 23.4 Å². The Morgan fingerprint density at radius 1 is 1.56 bits per heavy atom. The largest absolute Gasteiger partial charge is 0.396 e. The van der Waals surface area contributed by atoms with Gasteiger partial charge in [-0.25, -0.2) is 0 Å². The van der Waals surface area contributed by atoms with Crippen molar-refractivity contribution in [3.05, 3.63) is 11.2 Å². The quantitative estimate of drug-likeness (QED) is 0.861. The van der Waals surface area contributed by atoms with E-state index in [9.17, 15) is 0 Å². The molecule has 100 valence electrons. The first-order chi connectivity index (χ1) is 8.46. The molecule has 2 heterocycles. The Kier molecular flexibility index (Phi) is 4.32. The number of ether oxygens (including phenoxy) is 2. The lowest BCUT2D eigenvalue weighted by molar-refractivity contribution is -0.267. The molecular formula is C11H16ClN3O2S. The molecule has 0 amide bonds. The summed E-state index contributed by atoms with van der Waals surface area (Å²) in [5.41, 5.74) is 6.36. The van der Waals surface area contributed by atoms with E-state index in [1.807, 2.05) is 13.8 Å². The van der Waals surface area contributed by atoms with Crippen LogP contribution in [0.15, 0.2) is 11.1 Å². The number of anilines is 1. The normalized spacial score (nSPS) is 22.9. The highest BCUT2D eigenvalue weighted by atomic mass is 35.5. The summed E-state index contributed by atoms with van der Waals surface area (Å²) in [6.07, 6.45) is 1.01. The summed E-state index contributed by atoms with van der Waals surface area (Å²) < 4.78 is 11.3. The van der Waals surface area contributed by atoms with E-state index in [1.54, 1.807) is 6.07 Å². The Morgan fingerprint density at radius 2 is 2.33 bits per heavy atom. The molecule has 1 unspecified atom stereocenters. The Hall–Kier alpha value is -0.560. The molecule has 1 aromatic heterocycles. The monoisotopic (exact) mass is 289 g/mol. The Bertz CT molecular complexity index is 431. The molecule has 0 aromatic carbocycles. The molecule has 7 heteroatoms. The average Bonchev–Trinajstić information content (AvgIpc) is 2.26. The van der Waals surface area contributed by atoms with Crippen LogP contribution in [-0.2, 0) is 9.47 Å². The van der Waals surface area contributed by atoms with E-state index < -0.39 is 5.79 Å². The lowest BCUT2D eigenvalue weighted by Gasteiger charge is -2.35. The number of hydrogen-bond donors (Lipinski definition) is 1. The van der Waals surface area contributed by atoms with Gasteiger partial charge < -0.3 is 15.2 Å². The predicted molar refractivity (Wildman–Crippen MR) is 71.7 cm³/mol. The summed E-state index contributed by atoms with van der Waals surface area (Å²) in [6, 6.07) is 1.60. The molecule has 1 fully saturated rings. The van der Waals surface area contributed by atoms with Crippen LogP contribution in [0.1, 0.15) is 20.3 Å². The van der Waals surface area contributed by atoms with Crippen molar-refractivity contribution in [1.82, 2.24) is 10.2 Å². The minimum Gasteiger partial charge on any atom is -0.396 e. The highest BCUT2D eigenvalue weighted by Crippen LogP contribution is 2.29. The molecule has 0 spiro atoms. The fourth-order valence-corrected chi connectivity index (χ4v) is 2.76. The van der Waals surface area contributed by atoms with Crippen LogP contribution in [0.5, 0.6) is 0 Å². The summed E-state index contributed by atoms with van der Waals surface area (Å²) in [6.45, 7) is 4.54. The third kappa shape index (κ3) is 3.71. The standard InChI is InChI=1S/C11H16ClN3O2S/c1-11(2)16-4-3-7(17-11)6-18-10-8(13)5-9(12)14-15-10/h5,7H,3-4,6H2,1-2H3,(H2,13,14). The summed E-state index contributed by atoms with van der Waals surface area (Å²) in [4.78, 5) is 0. The maximum atomic E-state index is 5.82. The molecule has 1 atom stereocenters. The van der Waals surface area contributed by atoms with Gasteiger partial charge in [-0.15, -0.1) is 10.2 Å². The van der Waals surface area contributed by atoms with Crippen LogP contribution < -0.4 is 5.73 Å². The fourth-order valence-electron chi connectivity index (χ4n) is 1.70. The van der Waals surface area contributed by atoms with Crippen LogP contribution >= 0.6 is 23.4 Å². The zero-order valence-corrected chi connectivity index (χ0v) is 11.9. The number of nitrogens with two attached hydrogens (primary N) is 1. The molecule has 0 radical (unpaired) electrons. The molecule has 5 nitrogen and oxygen atoms in total. The maximum absolute atomic E-state index is 5.82. The van der Waals surface area contributed by atoms with Gasteiger partial charge in [-0.05, 0) is 20.3 Å². The van der Waals surface area contributed by atoms with Crippen LogP contribution in [0.4, 0.5) is 5.69 Å². The number of thioether (sulfide) groups is 1. The lowest BCUT2D eigenvalue weighted by Crippen LogP contribution is -2.40. The number of aromatic nitrogens is 2. The van der Waals surface area contributed by atoms with Crippen molar-refractivity contribution < 1.29 is 9.47 Å². The van der Waals surface area contributed by atoms with Gasteiger partial charge in [0.1, 0.15) is 5.03 Å². The third-order valence-electron chi connectivity index (χ3n) is 2.50. The van der Waals surface area contributed by atoms with Crippen LogP contribution in [0, 0.1) is 0 Å². The second-order valence-electron chi connectivity index (χ2n) is 4.52. The Morgan fingerprint density at radius 3 is 3.00 bits per heavy atom. The highest BCUT2D eigenvalue weighted by molar-refractivity contribution is 7.99. The maximum Gasteiger partial charge on any atom is 0.163 e. The third-order valence-corrected chi connectivity index (χ3v) is 3.82. The smallest absolute Gasteiger partial charge is 0.163 e. The molecule has 1 aliphatic rings. The van der Waals surface area contributed by atoms with Gasteiger partial charge >= 0.3 is 0 Å². The van der Waals surface area contributed by atoms with Crippen molar-refractivity contribution >= 4 is 29.1 Å². The van der Waals surface area contributed by atoms with E-state index in [1.165, 1.54) is 11.8 Å². The van der Waals surface area contributed by atoms with Crippen molar-refractivity contribution in [1.29, 1.82) is 0 Å². The van der Waals surface area contributed by atoms with E-state index in [4.69, 9.17) is 26.8 Å². The van der Waals surface area contributed by atoms with E-state index >= 15 is 0 Å². The molecule has 0 bridgehead atoms. The first-order valence-corrected chi connectivity index (χ1v) is 7.06. The van der Waals surface area contributed by atoms with Gasteiger partial charge in [-0.2, -0.15) is 0 Å². The topological polar surface area (TPSA) is 70.3 Å². The minimum absolute atomic E-state index is 0.135. The molecule has 1 aliphatic heterocycles. The summed E-state index contributed by atoms with van der Waals surface area (Å²) in [5.74, 6) is 0.258. The van der Waals surface area contributed by atoms with Crippen molar-refractivity contribution in [3.8, 4) is 0 Å². The van der Waals surface area contributed by atoms with Gasteiger partial charge in [0.15, 0.2) is 10.9 Å². The van der Waals surface area contributed by atoms with Crippen LogP contribution in [0.3, 0.4) is 0 Å². The highest BCUT2D eigenvalue weighted by Gasteiger charge is 2.29. The second kappa shape index (κ2) is 5.61. The van der Waals surface area contributed by atoms with Crippen molar-refractivity contribution in [2.75, 3.05) is 18.1 Å². The minimum atomic E-state index is -0.513. The summed E-state index contributed by atoms with van der Waals surface area (Å²) in [7, 11) is 0. The fraction of sp³-hybridized carbons (Fsp3) is 0.636. The van der Waals surface area contributed by atoms with Gasteiger partial charge in [0.25, 0.3) is 0 Å². The number of halogens is 1. The van der Waals surface area contributed by atoms with Crippen LogP contribution in [0.2, 0.25) is 5.15 Å². The van der Waals surface area contributed by atoms with Gasteiger partial charge in [-0.3, -0.25) is 0 Å². The number of nitrogen functional groups attached to an aromatic ring is 1. The SMILES string of the molecule is CC1(C)OCCC(CSc2nnc(Cl)cc2N)O1. The summed E-state index contributed by atoms with van der Waals surface area (Å²) in [5, 5.41) is 8.74. The second-order valence-corrected chi connectivity index (χ2v) is 5.91. The molecule has 1 saturated heterocycles. The molecule has 0 aliphatic carbocycles. The van der Waals surface area contributed by atoms with Crippen molar-refractivity contribution in [2.24, 2.45) is 0 Å². The molecule has 18 heavy (non-hydrogen) atoms. The lowest BCUT2D eigenvalue weighted by atomic mass is 10.2. The van der Waals surface area contributed by atoms with Crippen LogP contribution in [0.25, 0.3) is 0 Å². The average molecular weight is 290 g/mol. The Labute approximate surface area is 115 Å². The predicted octanol–water partition coefficient (Wildman–Crippen LogP) is 2.35. The Balaban J connectivity index is 1.91. The van der Waals surface area contributed by atoms with Gasteiger partial charge in [0.05, 0.1) is 18.4 Å². The van der Waals surface area contributed by atoms with E-state index in [2.05, 4.69) is 10.2 Å². The first kappa shape index (κ1) is 13.9. The number of hydrogen-bond acceptors (Lipinski definition) is 6. The molecule has 0 saturated carbocycles. The van der Waals surface area contributed by atoms with Crippen LogP contribution in [-0.4, -0.2) is 34.4 Å². The number of rotatable bonds is 3. The molecular weight excluding hydrogens is 274 g/mol. The molecule has 2 rings (SSSR count). The van der Waals surface area contributed by atoms with E-state index in [0.717, 1.165) is 12.2 Å². The summed E-state index contributed by atoms with van der Waals surface area (Å²) >= 11 is 7.22. The van der Waals surface area contributed by atoms with Gasteiger partial charge in [0, 0.05) is 11.8 Å². The van der Waals surface area contributed by atoms with E-state index in [0.29, 0.717) is 22.5 Å².